The molecule has 8 nitrogen and oxygen atoms in total. The fraction of sp³-hybridized carbons (Fsp3) is 0.222. The Balaban J connectivity index is 1.98. The van der Waals surface area contributed by atoms with Gasteiger partial charge in [0.15, 0.2) is 0 Å². The van der Waals surface area contributed by atoms with Crippen molar-refractivity contribution in [3.63, 3.8) is 0 Å². The van der Waals surface area contributed by atoms with Crippen molar-refractivity contribution in [3.8, 4) is 6.07 Å². The summed E-state index contributed by atoms with van der Waals surface area (Å²) in [6.07, 6.45) is 2.55. The fourth-order valence-electron chi connectivity index (χ4n) is 2.53. The Labute approximate surface area is 169 Å². The predicted octanol–water partition coefficient (Wildman–Crippen LogP) is 3.22. The Bertz CT molecular complexity index is 1050. The van der Waals surface area contributed by atoms with Crippen molar-refractivity contribution in [1.29, 1.82) is 5.26 Å². The molecule has 0 fully saturated rings. The molecule has 1 aromatic carbocycles. The number of allylic oxidation sites excluding steroid dienone is 3. The summed E-state index contributed by atoms with van der Waals surface area (Å²) in [6.45, 7) is 5.42. The molecule has 0 saturated carbocycles. The van der Waals surface area contributed by atoms with Gasteiger partial charge < -0.3 is 0 Å². The van der Waals surface area contributed by atoms with Gasteiger partial charge in [-0.2, -0.15) is 19.1 Å². The Kier molecular flexibility index (Phi) is 5.79. The van der Waals surface area contributed by atoms with Crippen LogP contribution in [0.5, 0.6) is 0 Å². The smallest absolute Gasteiger partial charge is 0.271 e. The van der Waals surface area contributed by atoms with Crippen molar-refractivity contribution < 1.29 is 8.78 Å². The summed E-state index contributed by atoms with van der Waals surface area (Å²) in [6, 6.07) is 6.99. The molecule has 0 amide bonds. The molecule has 1 aliphatic heterocycles. The monoisotopic (exact) mass is 416 g/mol. The molecule has 148 valence electrons. The van der Waals surface area contributed by atoms with E-state index in [9.17, 15) is 14.0 Å². The molecule has 0 saturated heterocycles. The first-order valence-electron chi connectivity index (χ1n) is 8.35. The summed E-state index contributed by atoms with van der Waals surface area (Å²) in [5.41, 5.74) is 1.26. The van der Waals surface area contributed by atoms with Gasteiger partial charge in [-0.1, -0.05) is 30.3 Å². The van der Waals surface area contributed by atoms with Crippen molar-refractivity contribution in [2.75, 3.05) is 6.67 Å². The molecule has 29 heavy (non-hydrogen) atoms. The van der Waals surface area contributed by atoms with Crippen LogP contribution < -0.4 is 0 Å². The quantitative estimate of drug-likeness (QED) is 0.823. The number of tetrazole rings is 1. The largest absolute Gasteiger partial charge is 0.349 e. The number of nitriles is 1. The Morgan fingerprint density at radius 1 is 1.38 bits per heavy atom. The number of aromatic amines is 1. The number of aliphatic imine (C=N–C) groups is 1. The van der Waals surface area contributed by atoms with Crippen molar-refractivity contribution in [2.24, 2.45) is 10.1 Å². The number of hydrogen-bond acceptors (Lipinski definition) is 7. The highest BCUT2D eigenvalue weighted by Crippen LogP contribution is 2.28. The lowest BCUT2D eigenvalue weighted by Gasteiger charge is -2.20. The number of rotatable bonds is 4. The third-order valence-corrected chi connectivity index (χ3v) is 4.50. The van der Waals surface area contributed by atoms with Crippen LogP contribution in [-0.2, 0) is 12.5 Å². The van der Waals surface area contributed by atoms with Gasteiger partial charge in [0.1, 0.15) is 12.4 Å². The lowest BCUT2D eigenvalue weighted by molar-refractivity contribution is 0.0659. The van der Waals surface area contributed by atoms with Gasteiger partial charge in [0.05, 0.1) is 23.9 Å². The molecule has 0 radical (unpaired) electrons. The van der Waals surface area contributed by atoms with E-state index in [1.165, 1.54) is 11.1 Å². The van der Waals surface area contributed by atoms with Gasteiger partial charge in [-0.15, -0.1) is 5.10 Å². The minimum atomic E-state index is -3.55. The van der Waals surface area contributed by atoms with Gasteiger partial charge in [0.25, 0.3) is 0 Å². The standard InChI is InChI=1S/C18H15ClF2N8/c1-11-6-7-16(18(20,21)17-24-27-28-25-17)23-10-29(26-12(11)2)9-14-13(8-22)4-3-5-15(14)19/h3-7H,1,9-10H2,2H3,(H,24,25,27,28)/b7-6-,23-16+,26-12-. The highest BCUT2D eigenvalue weighted by molar-refractivity contribution is 6.31. The second kappa shape index (κ2) is 8.28. The SMILES string of the molecule is C=C1/C=C\C(C(F)(F)c2nnn[nH]2)=N/CN(Cc2c(Cl)cccc2C#N)/N=C\1C. The summed E-state index contributed by atoms with van der Waals surface area (Å²) >= 11 is 6.23. The van der Waals surface area contributed by atoms with E-state index < -0.39 is 17.5 Å². The van der Waals surface area contributed by atoms with Crippen LogP contribution in [0.2, 0.25) is 5.02 Å². The summed E-state index contributed by atoms with van der Waals surface area (Å²) in [7, 11) is 0. The van der Waals surface area contributed by atoms with E-state index in [0.29, 0.717) is 27.4 Å². The van der Waals surface area contributed by atoms with Gasteiger partial charge in [-0.05, 0) is 41.1 Å². The molecule has 11 heteroatoms. The maximum absolute atomic E-state index is 14.8. The highest BCUT2D eigenvalue weighted by Gasteiger charge is 2.41. The van der Waals surface area contributed by atoms with Crippen LogP contribution in [0.15, 0.2) is 52.6 Å². The Morgan fingerprint density at radius 3 is 2.86 bits per heavy atom. The second-order valence-electron chi connectivity index (χ2n) is 6.10. The molecule has 0 spiro atoms. The molecule has 0 atom stereocenters. The van der Waals surface area contributed by atoms with Crippen molar-refractivity contribution in [2.45, 2.75) is 19.4 Å². The molecule has 2 heterocycles. The van der Waals surface area contributed by atoms with Crippen LogP contribution in [0.3, 0.4) is 0 Å². The van der Waals surface area contributed by atoms with E-state index in [1.54, 1.807) is 25.1 Å². The third-order valence-electron chi connectivity index (χ3n) is 4.15. The van der Waals surface area contributed by atoms with E-state index in [0.717, 1.165) is 6.08 Å². The second-order valence-corrected chi connectivity index (χ2v) is 6.50. The molecule has 0 unspecified atom stereocenters. The van der Waals surface area contributed by atoms with Gasteiger partial charge in [0.2, 0.25) is 5.82 Å². The van der Waals surface area contributed by atoms with Gasteiger partial charge in [0, 0.05) is 10.6 Å². The van der Waals surface area contributed by atoms with Gasteiger partial charge in [-0.3, -0.25) is 10.0 Å². The van der Waals surface area contributed by atoms with Crippen molar-refractivity contribution in [1.82, 2.24) is 25.6 Å². The van der Waals surface area contributed by atoms with E-state index in [2.05, 4.69) is 43.4 Å². The predicted molar refractivity (Wildman–Crippen MR) is 103 cm³/mol. The van der Waals surface area contributed by atoms with Crippen LogP contribution in [0.25, 0.3) is 0 Å². The molecule has 0 aliphatic carbocycles. The number of nitrogens with zero attached hydrogens (tertiary/aromatic N) is 7. The van der Waals surface area contributed by atoms with Gasteiger partial charge in [-0.25, -0.2) is 5.10 Å². The average molecular weight is 417 g/mol. The van der Waals surface area contributed by atoms with E-state index in [-0.39, 0.29) is 13.2 Å². The zero-order valence-electron chi connectivity index (χ0n) is 15.3. The average Bonchev–Trinajstić information content (AvgIpc) is 3.25. The number of aromatic nitrogens is 4. The molecule has 1 aromatic heterocycles. The van der Waals surface area contributed by atoms with Gasteiger partial charge >= 0.3 is 5.92 Å². The minimum Gasteiger partial charge on any atom is -0.271 e. The Morgan fingerprint density at radius 2 is 2.17 bits per heavy atom. The zero-order chi connectivity index (χ0) is 21.0. The molecule has 1 aliphatic rings. The molecule has 1 N–H and O–H groups in total. The molecular formula is C18H15ClF2N8. The number of alkyl halides is 2. The van der Waals surface area contributed by atoms with E-state index in [4.69, 9.17) is 11.6 Å². The summed E-state index contributed by atoms with van der Waals surface area (Å²) in [5, 5.41) is 27.3. The van der Waals surface area contributed by atoms with Crippen LogP contribution in [0.1, 0.15) is 23.9 Å². The number of halogens is 3. The third kappa shape index (κ3) is 4.35. The van der Waals surface area contributed by atoms with Crippen LogP contribution in [0, 0.1) is 11.3 Å². The number of hydrogen-bond donors (Lipinski definition) is 1. The fourth-order valence-corrected chi connectivity index (χ4v) is 2.76. The van der Waals surface area contributed by atoms with Crippen molar-refractivity contribution in [3.05, 3.63) is 64.5 Å². The maximum atomic E-state index is 14.8. The molecule has 2 aromatic rings. The number of nitrogens with one attached hydrogen (secondary N) is 1. The lowest BCUT2D eigenvalue weighted by Crippen LogP contribution is -2.28. The van der Waals surface area contributed by atoms with E-state index >= 15 is 0 Å². The summed E-state index contributed by atoms with van der Waals surface area (Å²) in [4.78, 5) is 4.02. The van der Waals surface area contributed by atoms with Crippen LogP contribution in [0.4, 0.5) is 8.78 Å². The zero-order valence-corrected chi connectivity index (χ0v) is 16.0. The first kappa shape index (κ1) is 20.3. The van der Waals surface area contributed by atoms with Crippen LogP contribution >= 0.6 is 11.6 Å². The summed E-state index contributed by atoms with van der Waals surface area (Å²) in [5.74, 6) is -4.28. The number of hydrazone groups is 1. The van der Waals surface area contributed by atoms with E-state index in [1.807, 2.05) is 0 Å². The first-order chi connectivity index (χ1) is 13.8. The number of H-pyrrole nitrogens is 1. The molecule has 3 rings (SSSR count). The molecular weight excluding hydrogens is 402 g/mol. The highest BCUT2D eigenvalue weighted by atomic mass is 35.5. The maximum Gasteiger partial charge on any atom is 0.349 e. The minimum absolute atomic E-state index is 0.0966. The number of benzene rings is 1. The Hall–Kier alpha value is -3.45. The molecule has 0 bridgehead atoms. The van der Waals surface area contributed by atoms with Crippen LogP contribution in [-0.4, -0.2) is 43.7 Å². The normalized spacial score (nSPS) is 19.8. The lowest BCUT2D eigenvalue weighted by atomic mass is 10.1. The summed E-state index contributed by atoms with van der Waals surface area (Å²) < 4.78 is 29.6. The topological polar surface area (TPSA) is 106 Å². The first-order valence-corrected chi connectivity index (χ1v) is 8.72. The van der Waals surface area contributed by atoms with Crippen molar-refractivity contribution >= 4 is 23.0 Å².